The van der Waals surface area contributed by atoms with Gasteiger partial charge in [0.15, 0.2) is 10.9 Å². The van der Waals surface area contributed by atoms with Crippen LogP contribution in [0.1, 0.15) is 34.3 Å². The van der Waals surface area contributed by atoms with Gasteiger partial charge in [0.1, 0.15) is 0 Å². The zero-order chi connectivity index (χ0) is 23.8. The maximum absolute atomic E-state index is 12.9. The number of rotatable bonds is 4. The third-order valence-electron chi connectivity index (χ3n) is 6.97. The summed E-state index contributed by atoms with van der Waals surface area (Å²) in [6, 6.07) is 16.3. The maximum Gasteiger partial charge on any atom is 0.253 e. The lowest BCUT2D eigenvalue weighted by Gasteiger charge is -2.32. The summed E-state index contributed by atoms with van der Waals surface area (Å²) in [5.74, 6) is 0.742. The Labute approximate surface area is 208 Å². The van der Waals surface area contributed by atoms with Gasteiger partial charge in [0.2, 0.25) is 0 Å². The van der Waals surface area contributed by atoms with Crippen molar-refractivity contribution in [1.82, 2.24) is 25.0 Å². The number of hydrogen-bond donors (Lipinski definition) is 1. The van der Waals surface area contributed by atoms with Crippen LogP contribution in [0.15, 0.2) is 48.5 Å². The molecule has 1 fully saturated rings. The Bertz CT molecular complexity index is 1370. The number of amides is 1. The van der Waals surface area contributed by atoms with E-state index in [1.165, 1.54) is 41.7 Å². The van der Waals surface area contributed by atoms with Crippen LogP contribution in [0.4, 0.5) is 10.9 Å². The number of benzene rings is 2. The van der Waals surface area contributed by atoms with Gasteiger partial charge in [-0.1, -0.05) is 23.5 Å². The molecule has 0 spiro atoms. The van der Waals surface area contributed by atoms with Gasteiger partial charge in [0, 0.05) is 37.3 Å². The number of anilines is 2. The minimum atomic E-state index is 0.0894. The molecule has 2 aromatic carbocycles. The smallest absolute Gasteiger partial charge is 0.253 e. The number of piperazine rings is 1. The Balaban J connectivity index is 1.16. The highest BCUT2D eigenvalue weighted by Gasteiger charge is 2.21. The molecule has 7 nitrogen and oxygen atoms in total. The molecule has 1 aliphatic carbocycles. The third-order valence-corrected chi connectivity index (χ3v) is 7.90. The first-order valence-electron chi connectivity index (χ1n) is 12.2. The fourth-order valence-electron chi connectivity index (χ4n) is 4.86. The average Bonchev–Trinajstić information content (AvgIpc) is 3.30. The molecule has 2 aromatic heterocycles. The van der Waals surface area contributed by atoms with Gasteiger partial charge in [-0.3, -0.25) is 4.79 Å². The van der Waals surface area contributed by atoms with Crippen molar-refractivity contribution >= 4 is 38.4 Å². The predicted octanol–water partition coefficient (Wildman–Crippen LogP) is 4.76. The molecule has 3 heterocycles. The highest BCUT2D eigenvalue weighted by atomic mass is 32.1. The highest BCUT2D eigenvalue weighted by Crippen LogP contribution is 2.30. The summed E-state index contributed by atoms with van der Waals surface area (Å²) < 4.78 is 0.978. The zero-order valence-electron chi connectivity index (χ0n) is 19.8. The van der Waals surface area contributed by atoms with E-state index in [9.17, 15) is 4.79 Å². The molecule has 0 bridgehead atoms. The van der Waals surface area contributed by atoms with Crippen molar-refractivity contribution in [2.24, 2.45) is 0 Å². The second-order valence-electron chi connectivity index (χ2n) is 9.42. The van der Waals surface area contributed by atoms with Crippen molar-refractivity contribution in [3.05, 3.63) is 65.2 Å². The topological polar surface area (TPSA) is 74.2 Å². The molecule has 8 heteroatoms. The number of likely N-dealkylation sites (N-methyl/N-ethyl adjacent to an activating group) is 1. The fourth-order valence-corrected chi connectivity index (χ4v) is 5.77. The van der Waals surface area contributed by atoms with Crippen molar-refractivity contribution in [3.8, 4) is 11.3 Å². The number of aryl methyl sites for hydroxylation is 2. The van der Waals surface area contributed by atoms with Gasteiger partial charge >= 0.3 is 0 Å². The van der Waals surface area contributed by atoms with E-state index in [4.69, 9.17) is 0 Å². The summed E-state index contributed by atoms with van der Waals surface area (Å²) in [5.41, 5.74) is 6.48. The summed E-state index contributed by atoms with van der Waals surface area (Å²) in [7, 11) is 2.09. The molecule has 6 rings (SSSR count). The van der Waals surface area contributed by atoms with E-state index in [-0.39, 0.29) is 5.91 Å². The molecular weight excluding hydrogens is 456 g/mol. The second-order valence-corrected chi connectivity index (χ2v) is 10.4. The van der Waals surface area contributed by atoms with Gasteiger partial charge in [-0.2, -0.15) is 0 Å². The van der Waals surface area contributed by atoms with Crippen LogP contribution >= 0.6 is 11.3 Å². The van der Waals surface area contributed by atoms with Crippen LogP contribution in [0.3, 0.4) is 0 Å². The summed E-state index contributed by atoms with van der Waals surface area (Å²) in [6.07, 6.45) is 4.87. The lowest BCUT2D eigenvalue weighted by atomic mass is 9.90. The molecule has 1 amide bonds. The third kappa shape index (κ3) is 4.63. The van der Waals surface area contributed by atoms with Gasteiger partial charge < -0.3 is 15.1 Å². The number of carbonyl (C=O) groups is 1. The molecular formula is C27H28N6OS. The number of nitrogens with zero attached hydrogens (tertiary/aromatic N) is 5. The van der Waals surface area contributed by atoms with Crippen LogP contribution in [0.2, 0.25) is 0 Å². The minimum Gasteiger partial charge on any atom is -0.336 e. The SMILES string of the molecule is CN1CCN(C(=O)c2ccc3nc(Nc4ccc(-c5ccc6c(c5)CCCC6)nn4)sc3c2)CC1. The lowest BCUT2D eigenvalue weighted by Crippen LogP contribution is -2.47. The molecule has 0 unspecified atom stereocenters. The molecule has 4 aromatic rings. The van der Waals surface area contributed by atoms with E-state index in [2.05, 4.69) is 50.6 Å². The zero-order valence-corrected chi connectivity index (χ0v) is 20.6. The van der Waals surface area contributed by atoms with Crippen molar-refractivity contribution < 1.29 is 4.79 Å². The number of fused-ring (bicyclic) bond motifs is 2. The molecule has 2 aliphatic rings. The number of carbonyl (C=O) groups excluding carboxylic acids is 1. The largest absolute Gasteiger partial charge is 0.336 e. The first kappa shape index (κ1) is 22.1. The Morgan fingerprint density at radius 1 is 0.914 bits per heavy atom. The van der Waals surface area contributed by atoms with Crippen molar-refractivity contribution in [2.45, 2.75) is 25.7 Å². The van der Waals surface area contributed by atoms with E-state index < -0.39 is 0 Å². The number of thiazole rings is 1. The molecule has 0 radical (unpaired) electrons. The molecule has 1 aliphatic heterocycles. The molecule has 35 heavy (non-hydrogen) atoms. The van der Waals surface area contributed by atoms with Crippen LogP contribution in [0, 0.1) is 0 Å². The Morgan fingerprint density at radius 2 is 1.74 bits per heavy atom. The summed E-state index contributed by atoms with van der Waals surface area (Å²) in [4.78, 5) is 21.8. The molecule has 0 saturated carbocycles. The second kappa shape index (κ2) is 9.36. The molecule has 178 valence electrons. The fraction of sp³-hybridized carbons (Fsp3) is 0.333. The average molecular weight is 485 g/mol. The quantitative estimate of drug-likeness (QED) is 0.450. The van der Waals surface area contributed by atoms with Gasteiger partial charge in [0.25, 0.3) is 5.91 Å². The minimum absolute atomic E-state index is 0.0894. The van der Waals surface area contributed by atoms with E-state index in [1.54, 1.807) is 0 Å². The lowest BCUT2D eigenvalue weighted by molar-refractivity contribution is 0.0664. The summed E-state index contributed by atoms with van der Waals surface area (Å²) >= 11 is 1.52. The van der Waals surface area contributed by atoms with Gasteiger partial charge in [0.05, 0.1) is 15.9 Å². The normalized spacial score (nSPS) is 16.3. The van der Waals surface area contributed by atoms with E-state index in [0.29, 0.717) is 11.4 Å². The van der Waals surface area contributed by atoms with Gasteiger partial charge in [-0.15, -0.1) is 10.2 Å². The van der Waals surface area contributed by atoms with Crippen LogP contribution < -0.4 is 5.32 Å². The number of hydrogen-bond acceptors (Lipinski definition) is 7. The van der Waals surface area contributed by atoms with Crippen LogP contribution in [0.5, 0.6) is 0 Å². The Kier molecular flexibility index (Phi) is 5.91. The van der Waals surface area contributed by atoms with Gasteiger partial charge in [-0.25, -0.2) is 4.98 Å². The van der Waals surface area contributed by atoms with E-state index in [1.807, 2.05) is 35.2 Å². The Hall–Kier alpha value is -3.36. The van der Waals surface area contributed by atoms with E-state index in [0.717, 1.165) is 59.2 Å². The number of nitrogens with one attached hydrogen (secondary N) is 1. The Morgan fingerprint density at radius 3 is 2.54 bits per heavy atom. The van der Waals surface area contributed by atoms with E-state index >= 15 is 0 Å². The monoisotopic (exact) mass is 484 g/mol. The first-order valence-corrected chi connectivity index (χ1v) is 13.1. The van der Waals surface area contributed by atoms with Crippen molar-refractivity contribution in [2.75, 3.05) is 38.5 Å². The standard InChI is InChI=1S/C27H28N6OS/c1-32-12-14-33(15-13-32)26(34)21-8-9-23-24(17-21)35-27(28-23)29-25-11-10-22(30-31-25)20-7-6-18-4-2-3-5-19(18)16-20/h6-11,16-17H,2-5,12-15H2,1H3,(H,28,29,31). The molecule has 1 N–H and O–H groups in total. The van der Waals surface area contributed by atoms with Crippen LogP contribution in [-0.4, -0.2) is 64.1 Å². The van der Waals surface area contributed by atoms with Gasteiger partial charge in [-0.05, 0) is 80.3 Å². The van der Waals surface area contributed by atoms with Crippen molar-refractivity contribution in [1.29, 1.82) is 0 Å². The van der Waals surface area contributed by atoms with Crippen molar-refractivity contribution in [3.63, 3.8) is 0 Å². The first-order chi connectivity index (χ1) is 17.1. The predicted molar refractivity (Wildman–Crippen MR) is 140 cm³/mol. The summed E-state index contributed by atoms with van der Waals surface area (Å²) in [6.45, 7) is 3.36. The molecule has 1 saturated heterocycles. The summed E-state index contributed by atoms with van der Waals surface area (Å²) in [5, 5.41) is 12.8. The van der Waals surface area contributed by atoms with Crippen LogP contribution in [0.25, 0.3) is 21.5 Å². The van der Waals surface area contributed by atoms with Crippen LogP contribution in [-0.2, 0) is 12.8 Å². The number of aromatic nitrogens is 3. The highest BCUT2D eigenvalue weighted by molar-refractivity contribution is 7.22. The maximum atomic E-state index is 12.9. The molecule has 0 atom stereocenters.